The molecule has 1 aromatic rings. The molecule has 1 aliphatic rings. The molecular weight excluding hydrogens is 200 g/mol. The van der Waals surface area contributed by atoms with E-state index in [1.54, 1.807) is 7.11 Å². The molecule has 3 nitrogen and oxygen atoms in total. The third-order valence-corrected chi connectivity index (χ3v) is 3.39. The molecule has 2 rings (SSSR count). The van der Waals surface area contributed by atoms with Gasteiger partial charge in [-0.05, 0) is 44.7 Å². The molecule has 1 N–H and O–H groups in total. The van der Waals surface area contributed by atoms with Crippen LogP contribution in [0, 0.1) is 0 Å². The smallest absolute Gasteiger partial charge is 0.0741 e. The first-order valence-corrected chi connectivity index (χ1v) is 5.98. The van der Waals surface area contributed by atoms with Crippen LogP contribution < -0.4 is 5.32 Å². The van der Waals surface area contributed by atoms with Gasteiger partial charge in [0.1, 0.15) is 0 Å². The predicted molar refractivity (Wildman–Crippen MR) is 65.8 cm³/mol. The van der Waals surface area contributed by atoms with E-state index in [1.165, 1.54) is 24.1 Å². The highest BCUT2D eigenvalue weighted by molar-refractivity contribution is 5.46. The number of methoxy groups -OCH3 is 1. The number of pyridine rings is 1. The minimum atomic E-state index is 0.202. The molecule has 1 aromatic heterocycles. The molecule has 0 saturated carbocycles. The number of ether oxygens (including phenoxy) is 1. The van der Waals surface area contributed by atoms with Gasteiger partial charge in [-0.2, -0.15) is 0 Å². The highest BCUT2D eigenvalue weighted by Gasteiger charge is 2.15. The molecular formula is C13H20N2O. The van der Waals surface area contributed by atoms with Crippen molar-refractivity contribution < 1.29 is 4.74 Å². The molecule has 2 atom stereocenters. The number of hydrogen-bond donors (Lipinski definition) is 1. The Hall–Kier alpha value is -1.09. The van der Waals surface area contributed by atoms with Crippen molar-refractivity contribution in [1.29, 1.82) is 0 Å². The molecule has 88 valence electrons. The van der Waals surface area contributed by atoms with E-state index in [1.807, 2.05) is 6.20 Å². The zero-order chi connectivity index (χ0) is 11.5. The fraction of sp³-hybridized carbons (Fsp3) is 0.615. The Kier molecular flexibility index (Phi) is 3.44. The Morgan fingerprint density at radius 2 is 2.19 bits per heavy atom. The van der Waals surface area contributed by atoms with Crippen LogP contribution in [0.15, 0.2) is 12.3 Å². The van der Waals surface area contributed by atoms with Gasteiger partial charge in [-0.15, -0.1) is 0 Å². The second-order valence-electron chi connectivity index (χ2n) is 4.56. The van der Waals surface area contributed by atoms with Crippen LogP contribution in [-0.4, -0.2) is 24.2 Å². The van der Waals surface area contributed by atoms with Crippen LogP contribution in [0.4, 0.5) is 5.69 Å². The van der Waals surface area contributed by atoms with Gasteiger partial charge >= 0.3 is 0 Å². The average Bonchev–Trinajstić information content (AvgIpc) is 2.75. The summed E-state index contributed by atoms with van der Waals surface area (Å²) in [6.07, 6.45) is 5.69. The lowest BCUT2D eigenvalue weighted by Crippen LogP contribution is -2.29. The van der Waals surface area contributed by atoms with Gasteiger partial charge in [0, 0.05) is 18.8 Å². The Bertz CT molecular complexity index is 365. The molecule has 0 amide bonds. The fourth-order valence-corrected chi connectivity index (χ4v) is 2.09. The van der Waals surface area contributed by atoms with Gasteiger partial charge in [-0.25, -0.2) is 0 Å². The minimum Gasteiger partial charge on any atom is -0.380 e. The average molecular weight is 220 g/mol. The molecule has 0 aromatic carbocycles. The maximum absolute atomic E-state index is 5.29. The lowest BCUT2D eigenvalue weighted by molar-refractivity contribution is 0.106. The second-order valence-corrected chi connectivity index (χ2v) is 4.56. The largest absolute Gasteiger partial charge is 0.380 e. The SMILES string of the molecule is COC(C)C(C)Nc1cnc2c(c1)CCC2. The number of aryl methyl sites for hydroxylation is 2. The standard InChI is InChI=1S/C13H20N2O/c1-9(10(2)16-3)15-12-7-11-5-4-6-13(11)14-8-12/h7-10,15H,4-6H2,1-3H3. The van der Waals surface area contributed by atoms with E-state index in [4.69, 9.17) is 4.74 Å². The highest BCUT2D eigenvalue weighted by atomic mass is 16.5. The van der Waals surface area contributed by atoms with Crippen LogP contribution >= 0.6 is 0 Å². The quantitative estimate of drug-likeness (QED) is 0.846. The van der Waals surface area contributed by atoms with Crippen LogP contribution in [-0.2, 0) is 17.6 Å². The van der Waals surface area contributed by atoms with Gasteiger partial charge < -0.3 is 10.1 Å². The molecule has 1 aliphatic carbocycles. The zero-order valence-electron chi connectivity index (χ0n) is 10.3. The van der Waals surface area contributed by atoms with Crippen molar-refractivity contribution in [2.24, 2.45) is 0 Å². The first-order chi connectivity index (χ1) is 7.70. The summed E-state index contributed by atoms with van der Waals surface area (Å²) in [6.45, 7) is 4.19. The number of fused-ring (bicyclic) bond motifs is 1. The summed E-state index contributed by atoms with van der Waals surface area (Å²) in [5, 5.41) is 3.43. The lowest BCUT2D eigenvalue weighted by Gasteiger charge is -2.21. The molecule has 2 unspecified atom stereocenters. The molecule has 0 aliphatic heterocycles. The van der Waals surface area contributed by atoms with E-state index in [2.05, 4.69) is 30.2 Å². The molecule has 0 fully saturated rings. The topological polar surface area (TPSA) is 34.1 Å². The molecule has 1 heterocycles. The van der Waals surface area contributed by atoms with E-state index in [0.717, 1.165) is 12.1 Å². The maximum Gasteiger partial charge on any atom is 0.0741 e. The Balaban J connectivity index is 2.05. The van der Waals surface area contributed by atoms with Crippen molar-refractivity contribution in [3.05, 3.63) is 23.5 Å². The highest BCUT2D eigenvalue weighted by Crippen LogP contribution is 2.23. The van der Waals surface area contributed by atoms with Crippen LogP contribution in [0.1, 0.15) is 31.5 Å². The minimum absolute atomic E-state index is 0.202. The predicted octanol–water partition coefficient (Wildman–Crippen LogP) is 2.41. The first kappa shape index (κ1) is 11.4. The molecule has 0 radical (unpaired) electrons. The van der Waals surface area contributed by atoms with Crippen molar-refractivity contribution >= 4 is 5.69 Å². The lowest BCUT2D eigenvalue weighted by atomic mass is 10.1. The molecule has 0 bridgehead atoms. The normalized spacial score (nSPS) is 17.9. The van der Waals surface area contributed by atoms with Gasteiger partial charge in [-0.1, -0.05) is 0 Å². The Morgan fingerprint density at radius 1 is 1.38 bits per heavy atom. The molecule has 0 saturated heterocycles. The van der Waals surface area contributed by atoms with Crippen molar-refractivity contribution in [1.82, 2.24) is 4.98 Å². The Morgan fingerprint density at radius 3 is 2.94 bits per heavy atom. The number of anilines is 1. The van der Waals surface area contributed by atoms with Crippen LogP contribution in [0.5, 0.6) is 0 Å². The van der Waals surface area contributed by atoms with Gasteiger partial charge in [0.2, 0.25) is 0 Å². The number of rotatable bonds is 4. The molecule has 16 heavy (non-hydrogen) atoms. The summed E-state index contributed by atoms with van der Waals surface area (Å²) < 4.78 is 5.29. The van der Waals surface area contributed by atoms with Gasteiger partial charge in [0.15, 0.2) is 0 Å². The van der Waals surface area contributed by atoms with E-state index in [9.17, 15) is 0 Å². The summed E-state index contributed by atoms with van der Waals surface area (Å²) in [5.74, 6) is 0. The third kappa shape index (κ3) is 2.35. The van der Waals surface area contributed by atoms with Crippen molar-refractivity contribution in [3.8, 4) is 0 Å². The first-order valence-electron chi connectivity index (χ1n) is 5.98. The van der Waals surface area contributed by atoms with Crippen molar-refractivity contribution in [2.45, 2.75) is 45.3 Å². The van der Waals surface area contributed by atoms with E-state index in [-0.39, 0.29) is 6.10 Å². The Labute approximate surface area is 97.2 Å². The van der Waals surface area contributed by atoms with Crippen LogP contribution in [0.2, 0.25) is 0 Å². The van der Waals surface area contributed by atoms with Gasteiger partial charge in [-0.3, -0.25) is 4.98 Å². The number of aromatic nitrogens is 1. The zero-order valence-corrected chi connectivity index (χ0v) is 10.3. The monoisotopic (exact) mass is 220 g/mol. The van der Waals surface area contributed by atoms with Crippen LogP contribution in [0.25, 0.3) is 0 Å². The van der Waals surface area contributed by atoms with Crippen molar-refractivity contribution in [2.75, 3.05) is 12.4 Å². The van der Waals surface area contributed by atoms with E-state index < -0.39 is 0 Å². The second kappa shape index (κ2) is 4.83. The number of nitrogens with zero attached hydrogens (tertiary/aromatic N) is 1. The van der Waals surface area contributed by atoms with Gasteiger partial charge in [0.25, 0.3) is 0 Å². The summed E-state index contributed by atoms with van der Waals surface area (Å²) >= 11 is 0. The number of hydrogen-bond acceptors (Lipinski definition) is 3. The third-order valence-electron chi connectivity index (χ3n) is 3.39. The fourth-order valence-electron chi connectivity index (χ4n) is 2.09. The summed E-state index contributed by atoms with van der Waals surface area (Å²) in [4.78, 5) is 4.49. The summed E-state index contributed by atoms with van der Waals surface area (Å²) in [6, 6.07) is 2.53. The molecule has 3 heteroatoms. The summed E-state index contributed by atoms with van der Waals surface area (Å²) in [5.41, 5.74) is 3.79. The van der Waals surface area contributed by atoms with E-state index >= 15 is 0 Å². The maximum atomic E-state index is 5.29. The molecule has 0 spiro atoms. The number of nitrogens with one attached hydrogen (secondary N) is 1. The van der Waals surface area contributed by atoms with Gasteiger partial charge in [0.05, 0.1) is 18.0 Å². The van der Waals surface area contributed by atoms with E-state index in [0.29, 0.717) is 6.04 Å². The van der Waals surface area contributed by atoms with Crippen molar-refractivity contribution in [3.63, 3.8) is 0 Å². The van der Waals surface area contributed by atoms with Crippen LogP contribution in [0.3, 0.4) is 0 Å². The summed E-state index contributed by atoms with van der Waals surface area (Å²) in [7, 11) is 1.74.